The van der Waals surface area contributed by atoms with Crippen LogP contribution in [0.2, 0.25) is 0 Å². The minimum absolute atomic E-state index is 0.330. The molecule has 5 heterocycles. The summed E-state index contributed by atoms with van der Waals surface area (Å²) in [6, 6.07) is 13.7. The number of pyridine rings is 3. The van der Waals surface area contributed by atoms with Crippen LogP contribution in [0.25, 0.3) is 56.1 Å². The molecule has 0 atom stereocenters. The molecule has 0 aliphatic heterocycles. The number of nitrogens with two attached hydrogens (primary N) is 1. The lowest BCUT2D eigenvalue weighted by Gasteiger charge is -2.02. The molecule has 5 aromatic heterocycles. The first-order valence-electron chi connectivity index (χ1n) is 9.83. The summed E-state index contributed by atoms with van der Waals surface area (Å²) in [4.78, 5) is 21.4. The SMILES string of the molecule is Nc1cncc(-c2ccc3[nH]nc(-c4nc5c(-c6cccc(F)c6)nccc5[nH]4)c3n2)c1. The number of benzene rings is 1. The second-order valence-electron chi connectivity index (χ2n) is 7.32. The fourth-order valence-corrected chi connectivity index (χ4v) is 3.72. The van der Waals surface area contributed by atoms with Gasteiger partial charge in [-0.1, -0.05) is 12.1 Å². The topological polar surface area (TPSA) is 122 Å². The minimum Gasteiger partial charge on any atom is -0.397 e. The molecule has 6 aromatic rings. The van der Waals surface area contributed by atoms with E-state index in [0.717, 1.165) is 22.3 Å². The lowest BCUT2D eigenvalue weighted by atomic mass is 10.1. The molecule has 0 bridgehead atoms. The van der Waals surface area contributed by atoms with E-state index >= 15 is 0 Å². The van der Waals surface area contributed by atoms with Gasteiger partial charge >= 0.3 is 0 Å². The molecule has 0 spiro atoms. The van der Waals surface area contributed by atoms with Crippen molar-refractivity contribution in [2.75, 3.05) is 5.73 Å². The van der Waals surface area contributed by atoms with E-state index in [1.165, 1.54) is 12.1 Å². The summed E-state index contributed by atoms with van der Waals surface area (Å²) < 4.78 is 13.8. The van der Waals surface area contributed by atoms with Crippen LogP contribution in [0.4, 0.5) is 10.1 Å². The first-order chi connectivity index (χ1) is 15.7. The van der Waals surface area contributed by atoms with E-state index in [4.69, 9.17) is 15.7 Å². The summed E-state index contributed by atoms with van der Waals surface area (Å²) >= 11 is 0. The van der Waals surface area contributed by atoms with Crippen molar-refractivity contribution in [3.63, 3.8) is 0 Å². The highest BCUT2D eigenvalue weighted by Crippen LogP contribution is 2.31. The summed E-state index contributed by atoms with van der Waals surface area (Å²) in [6.07, 6.45) is 4.96. The first kappa shape index (κ1) is 18.1. The van der Waals surface area contributed by atoms with E-state index in [1.807, 2.05) is 24.3 Å². The van der Waals surface area contributed by atoms with Crippen molar-refractivity contribution in [3.05, 3.63) is 72.9 Å². The van der Waals surface area contributed by atoms with Crippen LogP contribution in [0.5, 0.6) is 0 Å². The number of rotatable bonds is 3. The number of hydrogen-bond donors (Lipinski definition) is 3. The summed E-state index contributed by atoms with van der Waals surface area (Å²) in [5, 5.41) is 7.42. The van der Waals surface area contributed by atoms with E-state index in [2.05, 4.69) is 25.1 Å². The number of nitrogens with zero attached hydrogens (tertiary/aromatic N) is 5. The van der Waals surface area contributed by atoms with Gasteiger partial charge in [0.05, 0.1) is 28.1 Å². The van der Waals surface area contributed by atoms with Crippen LogP contribution >= 0.6 is 0 Å². The Morgan fingerprint density at radius 3 is 2.62 bits per heavy atom. The van der Waals surface area contributed by atoms with Gasteiger partial charge in [0.2, 0.25) is 0 Å². The van der Waals surface area contributed by atoms with Crippen LogP contribution in [0.3, 0.4) is 0 Å². The van der Waals surface area contributed by atoms with E-state index < -0.39 is 0 Å². The van der Waals surface area contributed by atoms with Crippen LogP contribution < -0.4 is 5.73 Å². The number of nitrogens with one attached hydrogen (secondary N) is 2. The number of anilines is 1. The number of nitrogen functional groups attached to an aromatic ring is 1. The van der Waals surface area contributed by atoms with Crippen LogP contribution in [0, 0.1) is 5.82 Å². The normalized spacial score (nSPS) is 11.4. The smallest absolute Gasteiger partial charge is 0.161 e. The Kier molecular flexibility index (Phi) is 3.94. The Morgan fingerprint density at radius 1 is 0.844 bits per heavy atom. The zero-order valence-electron chi connectivity index (χ0n) is 16.5. The van der Waals surface area contributed by atoms with Crippen molar-refractivity contribution >= 4 is 27.8 Å². The highest BCUT2D eigenvalue weighted by Gasteiger charge is 2.17. The Bertz CT molecular complexity index is 1620. The van der Waals surface area contributed by atoms with Gasteiger partial charge in [-0.05, 0) is 36.4 Å². The van der Waals surface area contributed by atoms with E-state index in [0.29, 0.717) is 39.5 Å². The largest absolute Gasteiger partial charge is 0.397 e. The summed E-state index contributed by atoms with van der Waals surface area (Å²) in [6.45, 7) is 0. The molecule has 154 valence electrons. The Labute approximate surface area is 180 Å². The third-order valence-corrected chi connectivity index (χ3v) is 5.19. The number of halogens is 1. The van der Waals surface area contributed by atoms with Crippen LogP contribution in [-0.2, 0) is 0 Å². The molecule has 8 nitrogen and oxygen atoms in total. The maximum absolute atomic E-state index is 13.8. The standard InChI is InChI=1S/C23H15FN8/c24-14-3-1-2-12(8-14)19-20-17(6-7-27-19)29-23(30-20)22-21-18(31-32-22)5-4-16(28-21)13-9-15(25)11-26-10-13/h1-11H,25H2,(H,29,30)(H,31,32). The molecule has 0 saturated heterocycles. The zero-order valence-corrected chi connectivity index (χ0v) is 16.5. The molecule has 4 N–H and O–H groups in total. The van der Waals surface area contributed by atoms with Gasteiger partial charge in [0.15, 0.2) is 11.5 Å². The van der Waals surface area contributed by atoms with E-state index in [9.17, 15) is 4.39 Å². The highest BCUT2D eigenvalue weighted by molar-refractivity contribution is 5.95. The predicted octanol–water partition coefficient (Wildman–Crippen LogP) is 4.35. The predicted molar refractivity (Wildman–Crippen MR) is 120 cm³/mol. The molecule has 0 unspecified atom stereocenters. The second-order valence-corrected chi connectivity index (χ2v) is 7.32. The fourth-order valence-electron chi connectivity index (χ4n) is 3.72. The van der Waals surface area contributed by atoms with Crippen molar-refractivity contribution < 1.29 is 4.39 Å². The number of fused-ring (bicyclic) bond motifs is 2. The number of aromatic nitrogens is 7. The zero-order chi connectivity index (χ0) is 21.7. The van der Waals surface area contributed by atoms with Crippen molar-refractivity contribution in [1.29, 1.82) is 0 Å². The first-order valence-corrected chi connectivity index (χ1v) is 9.83. The van der Waals surface area contributed by atoms with Crippen LogP contribution in [0.15, 0.2) is 67.1 Å². The highest BCUT2D eigenvalue weighted by atomic mass is 19.1. The second kappa shape index (κ2) is 6.95. The molecule has 0 aliphatic rings. The van der Waals surface area contributed by atoms with Gasteiger partial charge in [0, 0.05) is 29.7 Å². The molecule has 0 amide bonds. The average Bonchev–Trinajstić information content (AvgIpc) is 3.42. The lowest BCUT2D eigenvalue weighted by Crippen LogP contribution is -1.90. The van der Waals surface area contributed by atoms with Crippen molar-refractivity contribution in [3.8, 4) is 34.0 Å². The number of aromatic amines is 2. The van der Waals surface area contributed by atoms with E-state index in [1.54, 1.807) is 30.7 Å². The van der Waals surface area contributed by atoms with Crippen molar-refractivity contribution in [2.24, 2.45) is 0 Å². The fraction of sp³-hybridized carbons (Fsp3) is 0. The van der Waals surface area contributed by atoms with Crippen molar-refractivity contribution in [1.82, 2.24) is 35.1 Å². The van der Waals surface area contributed by atoms with Gasteiger partial charge in [-0.15, -0.1) is 0 Å². The number of H-pyrrole nitrogens is 2. The molecule has 0 saturated carbocycles. The molecule has 9 heteroatoms. The third kappa shape index (κ3) is 2.95. The average molecular weight is 422 g/mol. The minimum atomic E-state index is -0.330. The van der Waals surface area contributed by atoms with Gasteiger partial charge in [0.25, 0.3) is 0 Å². The Morgan fingerprint density at radius 2 is 1.75 bits per heavy atom. The maximum Gasteiger partial charge on any atom is 0.161 e. The third-order valence-electron chi connectivity index (χ3n) is 5.19. The van der Waals surface area contributed by atoms with Gasteiger partial charge < -0.3 is 10.7 Å². The molecule has 0 aliphatic carbocycles. The molecular formula is C23H15FN8. The van der Waals surface area contributed by atoms with Gasteiger partial charge in [-0.3, -0.25) is 15.1 Å². The van der Waals surface area contributed by atoms with Crippen molar-refractivity contribution in [2.45, 2.75) is 0 Å². The Hall–Kier alpha value is -4.66. The molecule has 0 fully saturated rings. The molecule has 32 heavy (non-hydrogen) atoms. The number of hydrogen-bond acceptors (Lipinski definition) is 6. The summed E-state index contributed by atoms with van der Waals surface area (Å²) in [5.74, 6) is 0.204. The van der Waals surface area contributed by atoms with Gasteiger partial charge in [0.1, 0.15) is 16.9 Å². The molecule has 6 rings (SSSR count). The lowest BCUT2D eigenvalue weighted by molar-refractivity contribution is 0.628. The summed E-state index contributed by atoms with van der Waals surface area (Å²) in [5.41, 5.74) is 12.6. The summed E-state index contributed by atoms with van der Waals surface area (Å²) in [7, 11) is 0. The molecule has 0 radical (unpaired) electrons. The van der Waals surface area contributed by atoms with Crippen LogP contribution in [-0.4, -0.2) is 35.1 Å². The monoisotopic (exact) mass is 422 g/mol. The molecular weight excluding hydrogens is 407 g/mol. The van der Waals surface area contributed by atoms with Crippen LogP contribution in [0.1, 0.15) is 0 Å². The maximum atomic E-state index is 13.8. The van der Waals surface area contributed by atoms with Gasteiger partial charge in [-0.2, -0.15) is 5.10 Å². The molecule has 1 aromatic carbocycles. The van der Waals surface area contributed by atoms with Gasteiger partial charge in [-0.25, -0.2) is 14.4 Å². The quantitative estimate of drug-likeness (QED) is 0.390. The van der Waals surface area contributed by atoms with E-state index in [-0.39, 0.29) is 5.82 Å². The number of imidazole rings is 1. The Balaban J connectivity index is 1.51.